The monoisotopic (exact) mass is 373 g/mol. The maximum Gasteiger partial charge on any atom is 0.241 e. The van der Waals surface area contributed by atoms with Crippen molar-refractivity contribution in [1.29, 1.82) is 0 Å². The van der Waals surface area contributed by atoms with E-state index in [0.717, 1.165) is 28.7 Å². The standard InChI is InChI=1S/C19H20FN3O2S/c1-13-9-10-16(20)11-19(13)26(24,25)21-12-18-14(2)22-23(15(18)3)17-7-5-4-6-8-17/h4-11,21H,12H2,1-3H3. The smallest absolute Gasteiger partial charge is 0.238 e. The Hall–Kier alpha value is -2.51. The SMILES string of the molecule is Cc1ccc(F)cc1S(=O)(=O)NCc1c(C)nn(-c2ccccc2)c1C. The van der Waals surface area contributed by atoms with Gasteiger partial charge in [-0.1, -0.05) is 24.3 Å². The lowest BCUT2D eigenvalue weighted by molar-refractivity contribution is 0.576. The maximum atomic E-state index is 13.5. The Morgan fingerprint density at radius 1 is 1.08 bits per heavy atom. The molecule has 0 radical (unpaired) electrons. The molecule has 0 saturated carbocycles. The molecule has 3 rings (SSSR count). The van der Waals surface area contributed by atoms with Crippen LogP contribution in [0.1, 0.15) is 22.5 Å². The molecule has 1 aromatic heterocycles. The molecule has 26 heavy (non-hydrogen) atoms. The molecule has 3 aromatic rings. The number of nitrogens with zero attached hydrogens (tertiary/aromatic N) is 2. The van der Waals surface area contributed by atoms with Crippen LogP contribution in [0.4, 0.5) is 4.39 Å². The lowest BCUT2D eigenvalue weighted by Gasteiger charge is -2.10. The number of hydrogen-bond donors (Lipinski definition) is 1. The van der Waals surface area contributed by atoms with Crippen LogP contribution in [-0.2, 0) is 16.6 Å². The van der Waals surface area contributed by atoms with Gasteiger partial charge in [-0.15, -0.1) is 0 Å². The highest BCUT2D eigenvalue weighted by Gasteiger charge is 2.20. The second-order valence-corrected chi connectivity index (χ2v) is 7.87. The van der Waals surface area contributed by atoms with Crippen LogP contribution in [0.5, 0.6) is 0 Å². The van der Waals surface area contributed by atoms with Gasteiger partial charge in [-0.2, -0.15) is 5.10 Å². The minimum atomic E-state index is -3.83. The van der Waals surface area contributed by atoms with Crippen LogP contribution in [0.25, 0.3) is 5.69 Å². The molecule has 0 aliphatic carbocycles. The van der Waals surface area contributed by atoms with E-state index in [1.54, 1.807) is 11.6 Å². The van der Waals surface area contributed by atoms with Crippen molar-refractivity contribution in [3.8, 4) is 5.69 Å². The Morgan fingerprint density at radius 2 is 1.77 bits per heavy atom. The number of benzene rings is 2. The Balaban J connectivity index is 1.88. The van der Waals surface area contributed by atoms with Gasteiger partial charge in [0, 0.05) is 17.8 Å². The first-order valence-electron chi connectivity index (χ1n) is 8.16. The highest BCUT2D eigenvalue weighted by molar-refractivity contribution is 7.89. The first-order chi connectivity index (χ1) is 12.3. The molecule has 7 heteroatoms. The molecule has 2 aromatic carbocycles. The molecular formula is C19H20FN3O2S. The number of aromatic nitrogens is 2. The zero-order valence-electron chi connectivity index (χ0n) is 14.8. The van der Waals surface area contributed by atoms with Gasteiger partial charge in [0.1, 0.15) is 5.82 Å². The summed E-state index contributed by atoms with van der Waals surface area (Å²) < 4.78 is 42.9. The van der Waals surface area contributed by atoms with Gasteiger partial charge in [-0.05, 0) is 50.6 Å². The van der Waals surface area contributed by atoms with Crippen molar-refractivity contribution in [1.82, 2.24) is 14.5 Å². The first-order valence-corrected chi connectivity index (χ1v) is 9.64. The van der Waals surface area contributed by atoms with Crippen LogP contribution in [0.15, 0.2) is 53.4 Å². The largest absolute Gasteiger partial charge is 0.241 e. The number of para-hydroxylation sites is 1. The highest BCUT2D eigenvalue weighted by atomic mass is 32.2. The lowest BCUT2D eigenvalue weighted by atomic mass is 10.2. The molecule has 0 aliphatic rings. The molecule has 0 spiro atoms. The van der Waals surface area contributed by atoms with Gasteiger partial charge in [0.25, 0.3) is 0 Å². The van der Waals surface area contributed by atoms with Crippen LogP contribution < -0.4 is 4.72 Å². The average Bonchev–Trinajstić information content (AvgIpc) is 2.90. The van der Waals surface area contributed by atoms with Gasteiger partial charge in [0.2, 0.25) is 10.0 Å². The molecule has 0 atom stereocenters. The van der Waals surface area contributed by atoms with Gasteiger partial charge < -0.3 is 0 Å². The predicted molar refractivity (Wildman–Crippen MR) is 98.2 cm³/mol. The highest BCUT2D eigenvalue weighted by Crippen LogP contribution is 2.20. The van der Waals surface area contributed by atoms with Gasteiger partial charge in [-0.3, -0.25) is 0 Å². The van der Waals surface area contributed by atoms with E-state index in [9.17, 15) is 12.8 Å². The van der Waals surface area contributed by atoms with Crippen molar-refractivity contribution in [2.45, 2.75) is 32.2 Å². The minimum absolute atomic E-state index is 0.0525. The van der Waals surface area contributed by atoms with Crippen LogP contribution in [0, 0.1) is 26.6 Å². The molecule has 0 amide bonds. The van der Waals surface area contributed by atoms with E-state index < -0.39 is 15.8 Å². The molecule has 136 valence electrons. The Kier molecular flexibility index (Phi) is 4.93. The summed E-state index contributed by atoms with van der Waals surface area (Å²) in [5.41, 5.74) is 3.79. The predicted octanol–water partition coefficient (Wildman–Crippen LogP) is 3.42. The molecule has 0 aliphatic heterocycles. The first kappa shape index (κ1) is 18.3. The van der Waals surface area contributed by atoms with Crippen LogP contribution in [-0.4, -0.2) is 18.2 Å². The van der Waals surface area contributed by atoms with E-state index in [4.69, 9.17) is 0 Å². The third-order valence-electron chi connectivity index (χ3n) is 4.32. The second-order valence-electron chi connectivity index (χ2n) is 6.13. The maximum absolute atomic E-state index is 13.5. The van der Waals surface area contributed by atoms with E-state index in [-0.39, 0.29) is 11.4 Å². The minimum Gasteiger partial charge on any atom is -0.238 e. The molecule has 0 fully saturated rings. The quantitative estimate of drug-likeness (QED) is 0.745. The van der Waals surface area contributed by atoms with E-state index in [2.05, 4.69) is 9.82 Å². The molecule has 0 bridgehead atoms. The van der Waals surface area contributed by atoms with Gasteiger partial charge in [0.05, 0.1) is 16.3 Å². The number of halogens is 1. The van der Waals surface area contributed by atoms with E-state index >= 15 is 0 Å². The van der Waals surface area contributed by atoms with Crippen molar-refractivity contribution < 1.29 is 12.8 Å². The van der Waals surface area contributed by atoms with Crippen molar-refractivity contribution in [2.75, 3.05) is 0 Å². The van der Waals surface area contributed by atoms with Crippen molar-refractivity contribution in [2.24, 2.45) is 0 Å². The Bertz CT molecular complexity index is 1040. The number of hydrogen-bond acceptors (Lipinski definition) is 3. The number of rotatable bonds is 5. The molecule has 5 nitrogen and oxygen atoms in total. The summed E-state index contributed by atoms with van der Waals surface area (Å²) in [4.78, 5) is -0.0525. The Labute approximate surface area is 152 Å². The van der Waals surface area contributed by atoms with Crippen LogP contribution in [0.3, 0.4) is 0 Å². The van der Waals surface area contributed by atoms with Crippen LogP contribution in [0.2, 0.25) is 0 Å². The van der Waals surface area contributed by atoms with E-state index in [1.807, 2.05) is 44.2 Å². The number of aryl methyl sites for hydroxylation is 2. The molecule has 1 heterocycles. The number of sulfonamides is 1. The average molecular weight is 373 g/mol. The van der Waals surface area contributed by atoms with Crippen LogP contribution >= 0.6 is 0 Å². The molecule has 0 unspecified atom stereocenters. The van der Waals surface area contributed by atoms with Gasteiger partial charge in [0.15, 0.2) is 0 Å². The molecule has 1 N–H and O–H groups in total. The fourth-order valence-corrected chi connectivity index (χ4v) is 4.11. The summed E-state index contributed by atoms with van der Waals surface area (Å²) in [5, 5.41) is 4.51. The topological polar surface area (TPSA) is 64.0 Å². The van der Waals surface area contributed by atoms with E-state index in [0.29, 0.717) is 5.56 Å². The third kappa shape index (κ3) is 3.54. The van der Waals surface area contributed by atoms with Crippen molar-refractivity contribution >= 4 is 10.0 Å². The zero-order chi connectivity index (χ0) is 18.9. The fraction of sp³-hybridized carbons (Fsp3) is 0.211. The van der Waals surface area contributed by atoms with Gasteiger partial charge in [-0.25, -0.2) is 22.2 Å². The zero-order valence-corrected chi connectivity index (χ0v) is 15.6. The summed E-state index contributed by atoms with van der Waals surface area (Å²) in [6.07, 6.45) is 0. The molecule has 0 saturated heterocycles. The second kappa shape index (κ2) is 7.01. The summed E-state index contributed by atoms with van der Waals surface area (Å²) in [5.74, 6) is -0.583. The summed E-state index contributed by atoms with van der Waals surface area (Å²) in [6, 6.07) is 13.4. The van der Waals surface area contributed by atoms with Crippen molar-refractivity contribution in [3.05, 3.63) is 76.9 Å². The Morgan fingerprint density at radius 3 is 2.46 bits per heavy atom. The third-order valence-corrected chi connectivity index (χ3v) is 5.86. The summed E-state index contributed by atoms with van der Waals surface area (Å²) >= 11 is 0. The van der Waals surface area contributed by atoms with Gasteiger partial charge >= 0.3 is 0 Å². The van der Waals surface area contributed by atoms with E-state index in [1.165, 1.54) is 12.1 Å². The van der Waals surface area contributed by atoms with Crippen molar-refractivity contribution in [3.63, 3.8) is 0 Å². The summed E-state index contributed by atoms with van der Waals surface area (Å²) in [6.45, 7) is 5.45. The summed E-state index contributed by atoms with van der Waals surface area (Å²) in [7, 11) is -3.83. The number of nitrogens with one attached hydrogen (secondary N) is 1. The molecular weight excluding hydrogens is 353 g/mol. The normalized spacial score (nSPS) is 11.7. The lowest BCUT2D eigenvalue weighted by Crippen LogP contribution is -2.24. The fourth-order valence-electron chi connectivity index (χ4n) is 2.86.